The quantitative estimate of drug-likeness (QED) is 0.495. The third kappa shape index (κ3) is 1.82. The van der Waals surface area contributed by atoms with E-state index in [1.807, 2.05) is 6.92 Å². The number of ether oxygens (including phenoxy) is 1. The number of Topliss-reactive ketones (excluding diaryl/α,β-unsaturated/α-hetero) is 2. The Balaban J connectivity index is 3.00. The highest BCUT2D eigenvalue weighted by molar-refractivity contribution is 6.26. The van der Waals surface area contributed by atoms with E-state index in [0.717, 1.165) is 0 Å². The van der Waals surface area contributed by atoms with Gasteiger partial charge in [-0.15, -0.1) is 0 Å². The van der Waals surface area contributed by atoms with Crippen LogP contribution in [0, 0.1) is 0 Å². The maximum Gasteiger partial charge on any atom is 0.235 e. The predicted molar refractivity (Wildman–Crippen MR) is 52.4 cm³/mol. The Morgan fingerprint density at radius 1 is 1.43 bits per heavy atom. The molecule has 1 heterocycles. The van der Waals surface area contributed by atoms with Gasteiger partial charge in [-0.05, 0) is 26.8 Å². The Hall–Kier alpha value is -1.64. The van der Waals surface area contributed by atoms with E-state index in [-0.39, 0.29) is 22.9 Å². The van der Waals surface area contributed by atoms with Crippen LogP contribution in [0.1, 0.15) is 20.8 Å². The summed E-state index contributed by atoms with van der Waals surface area (Å²) in [5.74, 6) is 0.0218. The Labute approximate surface area is 82.8 Å². The minimum atomic E-state index is -0.326. The molecule has 3 nitrogen and oxygen atoms in total. The van der Waals surface area contributed by atoms with Gasteiger partial charge in [0.1, 0.15) is 11.3 Å². The second-order valence-corrected chi connectivity index (χ2v) is 2.98. The summed E-state index contributed by atoms with van der Waals surface area (Å²) in [7, 11) is 0. The molecule has 0 aliphatic carbocycles. The largest absolute Gasteiger partial charge is 0.457 e. The molecule has 3 heteroatoms. The number of hydrogen-bond acceptors (Lipinski definition) is 3. The second kappa shape index (κ2) is 4.05. The van der Waals surface area contributed by atoms with E-state index in [1.165, 1.54) is 6.92 Å². The van der Waals surface area contributed by atoms with Gasteiger partial charge in [0.25, 0.3) is 0 Å². The topological polar surface area (TPSA) is 43.4 Å². The summed E-state index contributed by atoms with van der Waals surface area (Å²) in [5.41, 5.74) is 0.153. The van der Waals surface area contributed by atoms with E-state index < -0.39 is 0 Å². The summed E-state index contributed by atoms with van der Waals surface area (Å²) < 4.78 is 5.17. The van der Waals surface area contributed by atoms with Gasteiger partial charge >= 0.3 is 0 Å². The van der Waals surface area contributed by atoms with Crippen LogP contribution in [0.15, 0.2) is 35.3 Å². The van der Waals surface area contributed by atoms with E-state index in [2.05, 4.69) is 0 Å². The van der Waals surface area contributed by atoms with Crippen LogP contribution in [0.5, 0.6) is 0 Å². The summed E-state index contributed by atoms with van der Waals surface area (Å²) >= 11 is 0. The number of carbonyl (C=O) groups excluding carboxylic acids is 2. The van der Waals surface area contributed by atoms with Crippen LogP contribution < -0.4 is 0 Å². The van der Waals surface area contributed by atoms with Crippen LogP contribution in [0.3, 0.4) is 0 Å². The highest BCUT2D eigenvalue weighted by atomic mass is 16.5. The molecule has 0 amide bonds. The first-order chi connectivity index (χ1) is 6.57. The Kier molecular flexibility index (Phi) is 3.02. The summed E-state index contributed by atoms with van der Waals surface area (Å²) in [5, 5.41) is 0. The van der Waals surface area contributed by atoms with E-state index in [0.29, 0.717) is 5.76 Å². The molecule has 0 saturated carbocycles. The molecule has 1 rings (SSSR count). The van der Waals surface area contributed by atoms with Crippen molar-refractivity contribution < 1.29 is 14.3 Å². The van der Waals surface area contributed by atoms with Crippen LogP contribution in [-0.4, -0.2) is 11.6 Å². The molecule has 1 aliphatic heterocycles. The first-order valence-electron chi connectivity index (χ1n) is 4.35. The van der Waals surface area contributed by atoms with Crippen molar-refractivity contribution in [2.45, 2.75) is 20.8 Å². The van der Waals surface area contributed by atoms with Gasteiger partial charge in [-0.1, -0.05) is 12.2 Å². The standard InChI is InChI=1S/C11H12O3/c1-4-5-6-9-11(13)10(7(2)12)8(3)14-9/h4-6H,1-3H3. The maximum atomic E-state index is 11.6. The molecule has 0 atom stereocenters. The molecule has 0 spiro atoms. The average Bonchev–Trinajstić information content (AvgIpc) is 2.38. The third-order valence-electron chi connectivity index (χ3n) is 1.86. The first-order valence-corrected chi connectivity index (χ1v) is 4.35. The molecule has 14 heavy (non-hydrogen) atoms. The minimum Gasteiger partial charge on any atom is -0.457 e. The van der Waals surface area contributed by atoms with Crippen LogP contribution in [-0.2, 0) is 14.3 Å². The zero-order valence-corrected chi connectivity index (χ0v) is 8.46. The summed E-state index contributed by atoms with van der Waals surface area (Å²) in [6.45, 7) is 4.81. The molecule has 0 aromatic carbocycles. The maximum absolute atomic E-state index is 11.6. The van der Waals surface area contributed by atoms with Crippen molar-refractivity contribution in [2.24, 2.45) is 0 Å². The highest BCUT2D eigenvalue weighted by Crippen LogP contribution is 2.24. The van der Waals surface area contributed by atoms with E-state index in [1.54, 1.807) is 25.2 Å². The monoisotopic (exact) mass is 192 g/mol. The lowest BCUT2D eigenvalue weighted by molar-refractivity contribution is -0.118. The lowest BCUT2D eigenvalue weighted by Gasteiger charge is -1.94. The molecule has 1 aliphatic rings. The molecule has 0 bridgehead atoms. The molecular weight excluding hydrogens is 180 g/mol. The second-order valence-electron chi connectivity index (χ2n) is 2.98. The fourth-order valence-corrected chi connectivity index (χ4v) is 1.25. The van der Waals surface area contributed by atoms with E-state index in [9.17, 15) is 9.59 Å². The minimum absolute atomic E-state index is 0.153. The highest BCUT2D eigenvalue weighted by Gasteiger charge is 2.30. The van der Waals surface area contributed by atoms with Gasteiger partial charge in [-0.25, -0.2) is 0 Å². The van der Waals surface area contributed by atoms with Crippen molar-refractivity contribution in [2.75, 3.05) is 0 Å². The van der Waals surface area contributed by atoms with Gasteiger partial charge in [0.15, 0.2) is 11.5 Å². The molecule has 74 valence electrons. The van der Waals surface area contributed by atoms with Crippen LogP contribution in [0.4, 0.5) is 0 Å². The van der Waals surface area contributed by atoms with E-state index >= 15 is 0 Å². The van der Waals surface area contributed by atoms with Crippen LogP contribution in [0.2, 0.25) is 0 Å². The predicted octanol–water partition coefficient (Wildman–Crippen LogP) is 1.91. The normalized spacial score (nSPS) is 19.6. The number of carbonyl (C=O) groups is 2. The van der Waals surface area contributed by atoms with Crippen molar-refractivity contribution in [3.8, 4) is 0 Å². The van der Waals surface area contributed by atoms with Crippen molar-refractivity contribution in [1.29, 1.82) is 0 Å². The van der Waals surface area contributed by atoms with Gasteiger partial charge in [-0.3, -0.25) is 9.59 Å². The Morgan fingerprint density at radius 2 is 2.07 bits per heavy atom. The van der Waals surface area contributed by atoms with Gasteiger partial charge < -0.3 is 4.74 Å². The number of ketones is 2. The fourth-order valence-electron chi connectivity index (χ4n) is 1.25. The molecule has 0 N–H and O–H groups in total. The smallest absolute Gasteiger partial charge is 0.235 e. The lowest BCUT2D eigenvalue weighted by Crippen LogP contribution is -2.07. The number of hydrogen-bond donors (Lipinski definition) is 0. The zero-order valence-electron chi connectivity index (χ0n) is 8.46. The van der Waals surface area contributed by atoms with E-state index in [4.69, 9.17) is 4.74 Å². The molecular formula is C11H12O3. The average molecular weight is 192 g/mol. The summed E-state index contributed by atoms with van der Waals surface area (Å²) in [6.07, 6.45) is 5.04. The lowest BCUT2D eigenvalue weighted by atomic mass is 10.1. The fraction of sp³-hybridized carbons (Fsp3) is 0.273. The molecule has 0 fully saturated rings. The zero-order chi connectivity index (χ0) is 10.7. The summed E-state index contributed by atoms with van der Waals surface area (Å²) in [4.78, 5) is 22.6. The molecule has 0 radical (unpaired) electrons. The number of rotatable bonds is 2. The first kappa shape index (κ1) is 10.4. The molecule has 0 aromatic heterocycles. The van der Waals surface area contributed by atoms with Crippen LogP contribution in [0.25, 0.3) is 0 Å². The van der Waals surface area contributed by atoms with Gasteiger partial charge in [-0.2, -0.15) is 0 Å². The Morgan fingerprint density at radius 3 is 2.50 bits per heavy atom. The Bertz CT molecular complexity index is 370. The molecule has 0 aromatic rings. The number of allylic oxidation sites excluding steroid dienone is 5. The molecule has 0 saturated heterocycles. The summed E-state index contributed by atoms with van der Waals surface area (Å²) in [6, 6.07) is 0. The van der Waals surface area contributed by atoms with Crippen LogP contribution >= 0.6 is 0 Å². The van der Waals surface area contributed by atoms with Gasteiger partial charge in [0, 0.05) is 0 Å². The molecule has 0 unspecified atom stereocenters. The van der Waals surface area contributed by atoms with Crippen molar-refractivity contribution >= 4 is 11.6 Å². The SMILES string of the molecule is CC=CC=C1OC(C)=C(C(C)=O)C1=O. The van der Waals surface area contributed by atoms with Crippen molar-refractivity contribution in [3.05, 3.63) is 35.3 Å². The van der Waals surface area contributed by atoms with Crippen molar-refractivity contribution in [3.63, 3.8) is 0 Å². The van der Waals surface area contributed by atoms with Gasteiger partial charge in [0.2, 0.25) is 5.78 Å². The van der Waals surface area contributed by atoms with Crippen molar-refractivity contribution in [1.82, 2.24) is 0 Å². The van der Waals surface area contributed by atoms with Gasteiger partial charge in [0.05, 0.1) is 0 Å². The third-order valence-corrected chi connectivity index (χ3v) is 1.86.